The maximum atomic E-state index is 12.4. The molecule has 0 spiro atoms. The number of carbonyl (C=O) groups is 2. The number of hydrogen-bond acceptors (Lipinski definition) is 7. The summed E-state index contributed by atoms with van der Waals surface area (Å²) in [5.41, 5.74) is 4.14. The highest BCUT2D eigenvalue weighted by molar-refractivity contribution is 6.02. The zero-order valence-corrected chi connectivity index (χ0v) is 17.7. The largest absolute Gasteiger partial charge is 0.422 e. The fraction of sp³-hybridized carbons (Fsp3) is 0.182. The van der Waals surface area contributed by atoms with E-state index in [0.29, 0.717) is 22.6 Å². The minimum Gasteiger partial charge on any atom is -0.422 e. The first-order chi connectivity index (χ1) is 15.3. The van der Waals surface area contributed by atoms with Crippen LogP contribution < -0.4 is 10.2 Å². The Morgan fingerprint density at radius 1 is 1.12 bits per heavy atom. The maximum Gasteiger partial charge on any atom is 0.343 e. The zero-order chi connectivity index (χ0) is 23.3. The number of ether oxygens (including phenoxy) is 1. The predicted octanol–water partition coefficient (Wildman–Crippen LogP) is 3.17. The summed E-state index contributed by atoms with van der Waals surface area (Å²) in [6.45, 7) is 4.46. The Bertz CT molecular complexity index is 1200. The number of amides is 1. The van der Waals surface area contributed by atoms with Crippen molar-refractivity contribution in [1.29, 1.82) is 0 Å². The van der Waals surface area contributed by atoms with Gasteiger partial charge in [-0.3, -0.25) is 19.6 Å². The number of benzene rings is 2. The monoisotopic (exact) mass is 435 g/mol. The average Bonchev–Trinajstić information content (AvgIpc) is 3.05. The third kappa shape index (κ3) is 5.04. The van der Waals surface area contributed by atoms with Crippen LogP contribution in [0.2, 0.25) is 0 Å². The first-order valence-electron chi connectivity index (χ1n) is 9.66. The Labute approximate surface area is 183 Å². The number of esters is 1. The second-order valence-electron chi connectivity index (χ2n) is 6.92. The number of aromatic nitrogens is 2. The molecule has 0 fully saturated rings. The van der Waals surface area contributed by atoms with Crippen LogP contribution in [0.4, 0.5) is 5.69 Å². The molecule has 0 unspecified atom stereocenters. The van der Waals surface area contributed by atoms with Crippen molar-refractivity contribution in [2.75, 3.05) is 0 Å². The number of nitro groups is 1. The van der Waals surface area contributed by atoms with E-state index in [1.165, 1.54) is 18.5 Å². The molecule has 3 rings (SSSR count). The molecule has 1 amide bonds. The molecule has 1 heterocycles. The molecule has 0 saturated carbocycles. The van der Waals surface area contributed by atoms with Crippen molar-refractivity contribution in [3.63, 3.8) is 0 Å². The van der Waals surface area contributed by atoms with Gasteiger partial charge >= 0.3 is 11.7 Å². The van der Waals surface area contributed by atoms with E-state index in [1.54, 1.807) is 61.5 Å². The molecule has 3 aromatic rings. The van der Waals surface area contributed by atoms with Gasteiger partial charge in [0.1, 0.15) is 23.7 Å². The number of rotatable bonds is 7. The molecule has 0 aliphatic heterocycles. The number of nitrogens with one attached hydrogen (secondary N) is 1. The van der Waals surface area contributed by atoms with Gasteiger partial charge in [0.25, 0.3) is 5.91 Å². The summed E-state index contributed by atoms with van der Waals surface area (Å²) in [5.74, 6) is -0.726. The summed E-state index contributed by atoms with van der Waals surface area (Å²) < 4.78 is 6.75. The normalized spacial score (nSPS) is 11.2. The Hall–Kier alpha value is -4.34. The van der Waals surface area contributed by atoms with E-state index >= 15 is 0 Å². The van der Waals surface area contributed by atoms with Crippen molar-refractivity contribution >= 4 is 23.3 Å². The van der Waals surface area contributed by atoms with E-state index in [2.05, 4.69) is 15.6 Å². The van der Waals surface area contributed by atoms with Crippen LogP contribution in [0.5, 0.6) is 5.75 Å². The Morgan fingerprint density at radius 3 is 2.44 bits per heavy atom. The van der Waals surface area contributed by atoms with Crippen LogP contribution in [-0.4, -0.2) is 32.3 Å². The lowest BCUT2D eigenvalue weighted by molar-refractivity contribution is -0.386. The van der Waals surface area contributed by atoms with Gasteiger partial charge in [-0.1, -0.05) is 30.3 Å². The van der Waals surface area contributed by atoms with Crippen LogP contribution in [0.3, 0.4) is 0 Å². The topological polar surface area (TPSA) is 129 Å². The average molecular weight is 435 g/mol. The number of hydrogen-bond donors (Lipinski definition) is 1. The first-order valence-corrected chi connectivity index (χ1v) is 9.66. The van der Waals surface area contributed by atoms with E-state index in [1.807, 2.05) is 0 Å². The minimum absolute atomic E-state index is 0.119. The molecule has 1 N–H and O–H groups in total. The fourth-order valence-corrected chi connectivity index (χ4v) is 3.07. The molecule has 32 heavy (non-hydrogen) atoms. The van der Waals surface area contributed by atoms with Crippen molar-refractivity contribution in [2.45, 2.75) is 27.3 Å². The van der Waals surface area contributed by atoms with Crippen molar-refractivity contribution < 1.29 is 19.2 Å². The van der Waals surface area contributed by atoms with Crippen LogP contribution in [0.1, 0.15) is 34.2 Å². The van der Waals surface area contributed by atoms with Crippen LogP contribution in [0.25, 0.3) is 0 Å². The van der Waals surface area contributed by atoms with Gasteiger partial charge in [-0.2, -0.15) is 10.2 Å². The molecule has 0 aliphatic rings. The molecular formula is C22H21N5O5. The quantitative estimate of drug-likeness (QED) is 0.200. The van der Waals surface area contributed by atoms with Crippen LogP contribution >= 0.6 is 0 Å². The highest BCUT2D eigenvalue weighted by atomic mass is 16.6. The molecule has 0 radical (unpaired) electrons. The van der Waals surface area contributed by atoms with Crippen molar-refractivity contribution in [3.8, 4) is 5.75 Å². The SMILES string of the molecule is CC(=NNC(=O)Cn1nc(C)c([N+](=O)[O-])c1C)c1ccccc1OC(=O)c1ccccc1. The maximum absolute atomic E-state index is 12.4. The van der Waals surface area contributed by atoms with Crippen molar-refractivity contribution in [3.05, 3.63) is 87.2 Å². The number of para-hydroxylation sites is 1. The Kier molecular flexibility index (Phi) is 6.74. The molecule has 164 valence electrons. The molecule has 0 aliphatic carbocycles. The zero-order valence-electron chi connectivity index (χ0n) is 17.7. The fourth-order valence-electron chi connectivity index (χ4n) is 3.07. The van der Waals surface area contributed by atoms with Crippen LogP contribution in [-0.2, 0) is 11.3 Å². The first kappa shape index (κ1) is 22.3. The highest BCUT2D eigenvalue weighted by Gasteiger charge is 2.22. The van der Waals surface area contributed by atoms with Crippen LogP contribution in [0.15, 0.2) is 59.7 Å². The predicted molar refractivity (Wildman–Crippen MR) is 117 cm³/mol. The second-order valence-corrected chi connectivity index (χ2v) is 6.92. The molecule has 1 aromatic heterocycles. The molecule has 10 nitrogen and oxygen atoms in total. The molecule has 2 aromatic carbocycles. The summed E-state index contributed by atoms with van der Waals surface area (Å²) >= 11 is 0. The van der Waals surface area contributed by atoms with Crippen molar-refractivity contribution in [1.82, 2.24) is 15.2 Å². The third-order valence-corrected chi connectivity index (χ3v) is 4.66. The van der Waals surface area contributed by atoms with Gasteiger partial charge < -0.3 is 4.74 Å². The molecule has 0 bridgehead atoms. The summed E-state index contributed by atoms with van der Waals surface area (Å²) in [7, 11) is 0. The van der Waals surface area contributed by atoms with E-state index in [4.69, 9.17) is 4.74 Å². The van der Waals surface area contributed by atoms with Gasteiger partial charge in [0, 0.05) is 5.56 Å². The second kappa shape index (κ2) is 9.65. The smallest absolute Gasteiger partial charge is 0.343 e. The summed E-state index contributed by atoms with van der Waals surface area (Å²) in [6.07, 6.45) is 0. The standard InChI is InChI=1S/C22H21N5O5/c1-14(23-24-20(28)13-26-16(3)21(27(30)31)15(2)25-26)18-11-7-8-12-19(18)32-22(29)17-9-5-4-6-10-17/h4-12H,13H2,1-3H3,(H,24,28). The number of nitrogens with zero attached hydrogens (tertiary/aromatic N) is 4. The third-order valence-electron chi connectivity index (χ3n) is 4.66. The Morgan fingerprint density at radius 2 is 1.78 bits per heavy atom. The van der Waals surface area contributed by atoms with Gasteiger partial charge in [-0.25, -0.2) is 10.2 Å². The van der Waals surface area contributed by atoms with E-state index in [9.17, 15) is 19.7 Å². The van der Waals surface area contributed by atoms with E-state index in [0.717, 1.165) is 0 Å². The lowest BCUT2D eigenvalue weighted by Crippen LogP contribution is -2.25. The minimum atomic E-state index is -0.526. The lowest BCUT2D eigenvalue weighted by Gasteiger charge is -2.10. The molecule has 0 saturated heterocycles. The summed E-state index contributed by atoms with van der Waals surface area (Å²) in [5, 5.41) is 19.2. The van der Waals surface area contributed by atoms with Gasteiger partial charge in [-0.15, -0.1) is 0 Å². The van der Waals surface area contributed by atoms with E-state index in [-0.39, 0.29) is 23.6 Å². The number of hydrazone groups is 1. The molecule has 10 heteroatoms. The van der Waals surface area contributed by atoms with Gasteiger partial charge in [0.2, 0.25) is 0 Å². The highest BCUT2D eigenvalue weighted by Crippen LogP contribution is 2.22. The lowest BCUT2D eigenvalue weighted by atomic mass is 10.1. The molecule has 0 atom stereocenters. The van der Waals surface area contributed by atoms with E-state index < -0.39 is 16.8 Å². The molecular weight excluding hydrogens is 414 g/mol. The number of carbonyl (C=O) groups excluding carboxylic acids is 2. The van der Waals surface area contributed by atoms with Crippen molar-refractivity contribution in [2.24, 2.45) is 5.10 Å². The Balaban J connectivity index is 1.72. The van der Waals surface area contributed by atoms with Crippen LogP contribution in [0, 0.1) is 24.0 Å². The van der Waals surface area contributed by atoms with Gasteiger partial charge in [-0.05, 0) is 45.0 Å². The van der Waals surface area contributed by atoms with Gasteiger partial charge in [0.15, 0.2) is 0 Å². The summed E-state index contributed by atoms with van der Waals surface area (Å²) in [6, 6.07) is 15.4. The summed E-state index contributed by atoms with van der Waals surface area (Å²) in [4.78, 5) is 35.3. The number of aryl methyl sites for hydroxylation is 1. The van der Waals surface area contributed by atoms with Gasteiger partial charge in [0.05, 0.1) is 16.2 Å².